The van der Waals surface area contributed by atoms with E-state index in [-0.39, 0.29) is 0 Å². The van der Waals surface area contributed by atoms with Crippen molar-refractivity contribution in [2.75, 3.05) is 13.1 Å². The topological polar surface area (TPSA) is 4.44 Å². The van der Waals surface area contributed by atoms with Gasteiger partial charge in [-0.1, -0.05) is 19.8 Å². The van der Waals surface area contributed by atoms with Crippen LogP contribution in [0, 0.1) is 0 Å². The largest absolute Gasteiger partial charge is 0.309 e. The molecule has 1 unspecified atom stereocenters. The molecule has 0 fully saturated rings. The molecular formula is C11H22N+. The fourth-order valence-electron chi connectivity index (χ4n) is 1.77. The molecule has 1 heterocycles. The molecule has 1 N–H and O–H groups in total. The molecule has 1 nitrogen and oxygen atoms in total. The van der Waals surface area contributed by atoms with Crippen LogP contribution < -0.4 is 4.90 Å². The maximum atomic E-state index is 2.36. The SMILES string of the molecule is CCCCCC[NH+]1C=CCCC1. The average Bonchev–Trinajstić information content (AvgIpc) is 2.14. The Kier molecular flexibility index (Phi) is 5.09. The predicted octanol–water partition coefficient (Wildman–Crippen LogP) is 1.76. The number of hydrogen-bond acceptors (Lipinski definition) is 0. The van der Waals surface area contributed by atoms with E-state index in [1.165, 1.54) is 51.6 Å². The summed E-state index contributed by atoms with van der Waals surface area (Å²) in [7, 11) is 0. The van der Waals surface area contributed by atoms with Gasteiger partial charge in [0.25, 0.3) is 0 Å². The highest BCUT2D eigenvalue weighted by Gasteiger charge is 2.06. The van der Waals surface area contributed by atoms with Gasteiger partial charge in [0.2, 0.25) is 0 Å². The fraction of sp³-hybridized carbons (Fsp3) is 0.818. The zero-order chi connectivity index (χ0) is 8.65. The van der Waals surface area contributed by atoms with Crippen LogP contribution in [0.2, 0.25) is 0 Å². The van der Waals surface area contributed by atoms with Gasteiger partial charge in [-0.05, 0) is 25.3 Å². The van der Waals surface area contributed by atoms with Crippen LogP contribution in [0.15, 0.2) is 12.3 Å². The second-order valence-electron chi connectivity index (χ2n) is 3.76. The van der Waals surface area contributed by atoms with E-state index >= 15 is 0 Å². The molecule has 1 aliphatic rings. The second-order valence-corrected chi connectivity index (χ2v) is 3.76. The zero-order valence-corrected chi connectivity index (χ0v) is 8.31. The van der Waals surface area contributed by atoms with E-state index in [9.17, 15) is 0 Å². The molecule has 0 spiro atoms. The lowest BCUT2D eigenvalue weighted by Crippen LogP contribution is -3.08. The maximum Gasteiger partial charge on any atom is 0.0901 e. The summed E-state index contributed by atoms with van der Waals surface area (Å²) in [6, 6.07) is 0. The summed E-state index contributed by atoms with van der Waals surface area (Å²) in [5.74, 6) is 0. The van der Waals surface area contributed by atoms with Crippen molar-refractivity contribution < 1.29 is 4.90 Å². The first kappa shape index (κ1) is 9.79. The minimum Gasteiger partial charge on any atom is -0.309 e. The summed E-state index contributed by atoms with van der Waals surface area (Å²) in [6.07, 6.45) is 13.0. The van der Waals surface area contributed by atoms with E-state index in [1.807, 2.05) is 0 Å². The van der Waals surface area contributed by atoms with Crippen molar-refractivity contribution in [2.45, 2.75) is 45.4 Å². The number of hydrogen-bond donors (Lipinski definition) is 1. The summed E-state index contributed by atoms with van der Waals surface area (Å²) in [4.78, 5) is 1.69. The summed E-state index contributed by atoms with van der Waals surface area (Å²) in [5.41, 5.74) is 0. The van der Waals surface area contributed by atoms with Gasteiger partial charge in [0.15, 0.2) is 0 Å². The maximum absolute atomic E-state index is 2.36. The molecular weight excluding hydrogens is 146 g/mol. The summed E-state index contributed by atoms with van der Waals surface area (Å²) < 4.78 is 0. The van der Waals surface area contributed by atoms with E-state index < -0.39 is 0 Å². The number of rotatable bonds is 5. The Morgan fingerprint density at radius 1 is 1.25 bits per heavy atom. The van der Waals surface area contributed by atoms with Gasteiger partial charge in [0, 0.05) is 6.42 Å². The number of quaternary nitrogens is 1. The van der Waals surface area contributed by atoms with Crippen molar-refractivity contribution >= 4 is 0 Å². The van der Waals surface area contributed by atoms with Gasteiger partial charge in [-0.15, -0.1) is 0 Å². The standard InChI is InChI=1S/C11H21N/c1-2-3-4-6-9-12-10-7-5-8-11-12/h7,10H,2-6,8-9,11H2,1H3/p+1. The van der Waals surface area contributed by atoms with Crippen molar-refractivity contribution in [3.63, 3.8) is 0 Å². The van der Waals surface area contributed by atoms with Crippen molar-refractivity contribution in [3.8, 4) is 0 Å². The molecule has 0 bridgehead atoms. The van der Waals surface area contributed by atoms with Crippen molar-refractivity contribution in [3.05, 3.63) is 12.3 Å². The van der Waals surface area contributed by atoms with Gasteiger partial charge in [-0.25, -0.2) is 0 Å². The number of unbranched alkanes of at least 4 members (excludes halogenated alkanes) is 3. The normalized spacial score (nSPS) is 22.9. The molecule has 0 aromatic carbocycles. The van der Waals surface area contributed by atoms with Crippen molar-refractivity contribution in [2.24, 2.45) is 0 Å². The number of nitrogens with one attached hydrogen (secondary N) is 1. The Morgan fingerprint density at radius 2 is 2.17 bits per heavy atom. The third-order valence-corrected chi connectivity index (χ3v) is 2.57. The predicted molar refractivity (Wildman–Crippen MR) is 53.2 cm³/mol. The highest BCUT2D eigenvalue weighted by atomic mass is 15.1. The Hall–Kier alpha value is -0.300. The second kappa shape index (κ2) is 6.24. The molecule has 0 radical (unpaired) electrons. The van der Waals surface area contributed by atoms with Crippen LogP contribution in [-0.2, 0) is 0 Å². The summed E-state index contributed by atoms with van der Waals surface area (Å²) >= 11 is 0. The lowest BCUT2D eigenvalue weighted by molar-refractivity contribution is -0.849. The minimum absolute atomic E-state index is 1.30. The van der Waals surface area contributed by atoms with E-state index in [0.29, 0.717) is 0 Å². The molecule has 1 aliphatic heterocycles. The van der Waals surface area contributed by atoms with Crippen LogP contribution in [0.3, 0.4) is 0 Å². The van der Waals surface area contributed by atoms with E-state index in [1.54, 1.807) is 4.90 Å². The van der Waals surface area contributed by atoms with Crippen LogP contribution in [0.1, 0.15) is 45.4 Å². The molecule has 1 rings (SSSR count). The molecule has 1 heteroatoms. The van der Waals surface area contributed by atoms with Gasteiger partial charge in [0.1, 0.15) is 0 Å². The molecule has 0 saturated carbocycles. The lowest BCUT2D eigenvalue weighted by atomic mass is 10.2. The zero-order valence-electron chi connectivity index (χ0n) is 8.31. The first-order valence-corrected chi connectivity index (χ1v) is 5.44. The summed E-state index contributed by atoms with van der Waals surface area (Å²) in [6.45, 7) is 4.99. The van der Waals surface area contributed by atoms with Crippen LogP contribution in [0.4, 0.5) is 0 Å². The Morgan fingerprint density at radius 3 is 2.83 bits per heavy atom. The van der Waals surface area contributed by atoms with Crippen LogP contribution in [0.25, 0.3) is 0 Å². The molecule has 0 amide bonds. The molecule has 1 atom stereocenters. The van der Waals surface area contributed by atoms with Gasteiger partial charge >= 0.3 is 0 Å². The Bertz CT molecular complexity index is 129. The smallest absolute Gasteiger partial charge is 0.0901 e. The van der Waals surface area contributed by atoms with E-state index in [4.69, 9.17) is 0 Å². The Labute approximate surface area is 76.5 Å². The highest BCUT2D eigenvalue weighted by molar-refractivity contribution is 4.75. The van der Waals surface area contributed by atoms with Crippen molar-refractivity contribution in [1.82, 2.24) is 0 Å². The van der Waals surface area contributed by atoms with E-state index in [0.717, 1.165) is 0 Å². The van der Waals surface area contributed by atoms with Crippen LogP contribution in [-0.4, -0.2) is 13.1 Å². The first-order chi connectivity index (χ1) is 5.93. The van der Waals surface area contributed by atoms with E-state index in [2.05, 4.69) is 19.2 Å². The highest BCUT2D eigenvalue weighted by Crippen LogP contribution is 1.97. The Balaban J connectivity index is 1.98. The number of allylic oxidation sites excluding steroid dienone is 1. The average molecular weight is 168 g/mol. The van der Waals surface area contributed by atoms with Gasteiger partial charge in [-0.2, -0.15) is 0 Å². The van der Waals surface area contributed by atoms with Crippen LogP contribution >= 0.6 is 0 Å². The first-order valence-electron chi connectivity index (χ1n) is 5.44. The van der Waals surface area contributed by atoms with Gasteiger partial charge in [-0.3, -0.25) is 0 Å². The van der Waals surface area contributed by atoms with Gasteiger partial charge in [0.05, 0.1) is 19.3 Å². The fourth-order valence-corrected chi connectivity index (χ4v) is 1.77. The summed E-state index contributed by atoms with van der Waals surface area (Å²) in [5, 5.41) is 0. The third-order valence-electron chi connectivity index (χ3n) is 2.57. The minimum atomic E-state index is 1.30. The molecule has 0 aromatic rings. The van der Waals surface area contributed by atoms with Crippen molar-refractivity contribution in [1.29, 1.82) is 0 Å². The molecule has 0 saturated heterocycles. The molecule has 70 valence electrons. The molecule has 0 aliphatic carbocycles. The third kappa shape index (κ3) is 3.91. The van der Waals surface area contributed by atoms with Gasteiger partial charge < -0.3 is 4.90 Å². The molecule has 12 heavy (non-hydrogen) atoms. The lowest BCUT2D eigenvalue weighted by Gasteiger charge is -2.17. The molecule has 0 aromatic heterocycles. The monoisotopic (exact) mass is 168 g/mol. The van der Waals surface area contributed by atoms with Crippen LogP contribution in [0.5, 0.6) is 0 Å². The quantitative estimate of drug-likeness (QED) is 0.597.